The van der Waals surface area contributed by atoms with Gasteiger partial charge in [0.15, 0.2) is 0 Å². The maximum Gasteiger partial charge on any atom is 0.304 e. The largest absolute Gasteiger partial charge is 0.481 e. The predicted molar refractivity (Wildman–Crippen MR) is 80.2 cm³/mol. The zero-order valence-electron chi connectivity index (χ0n) is 12.0. The molecular formula is C18H18O2. The number of carbonyl (C=O) groups is 1. The van der Waals surface area contributed by atoms with Crippen LogP contribution in [-0.4, -0.2) is 11.1 Å². The smallest absolute Gasteiger partial charge is 0.304 e. The van der Waals surface area contributed by atoms with Gasteiger partial charge in [0, 0.05) is 5.92 Å². The number of benzene rings is 2. The van der Waals surface area contributed by atoms with Gasteiger partial charge >= 0.3 is 5.97 Å². The van der Waals surface area contributed by atoms with Gasteiger partial charge in [-0.05, 0) is 54.2 Å². The molecule has 0 bridgehead atoms. The van der Waals surface area contributed by atoms with Crippen LogP contribution in [0, 0.1) is 20.8 Å². The molecule has 0 spiro atoms. The molecule has 1 atom stereocenters. The van der Waals surface area contributed by atoms with Crippen molar-refractivity contribution in [2.75, 3.05) is 0 Å². The van der Waals surface area contributed by atoms with Crippen molar-refractivity contribution >= 4 is 5.97 Å². The van der Waals surface area contributed by atoms with E-state index in [9.17, 15) is 9.90 Å². The third kappa shape index (κ3) is 1.83. The lowest BCUT2D eigenvalue weighted by Gasteiger charge is -2.12. The molecule has 2 aromatic rings. The summed E-state index contributed by atoms with van der Waals surface area (Å²) in [6.45, 7) is 6.29. The highest BCUT2D eigenvalue weighted by Gasteiger charge is 2.31. The summed E-state index contributed by atoms with van der Waals surface area (Å²) < 4.78 is 0. The van der Waals surface area contributed by atoms with E-state index in [0.29, 0.717) is 0 Å². The van der Waals surface area contributed by atoms with Crippen LogP contribution in [-0.2, 0) is 4.79 Å². The lowest BCUT2D eigenvalue weighted by atomic mass is 9.91. The Bertz CT molecular complexity index is 714. The van der Waals surface area contributed by atoms with Gasteiger partial charge in [0.1, 0.15) is 0 Å². The third-order valence-electron chi connectivity index (χ3n) is 4.37. The Morgan fingerprint density at radius 1 is 1.10 bits per heavy atom. The third-order valence-corrected chi connectivity index (χ3v) is 4.37. The normalized spacial score (nSPS) is 15.8. The fourth-order valence-corrected chi connectivity index (χ4v) is 3.24. The molecule has 1 aliphatic carbocycles. The molecule has 0 saturated heterocycles. The number of aliphatic carboxylic acids is 1. The van der Waals surface area contributed by atoms with Gasteiger partial charge in [-0.1, -0.05) is 35.9 Å². The zero-order valence-corrected chi connectivity index (χ0v) is 12.0. The van der Waals surface area contributed by atoms with Crippen LogP contribution in [0.25, 0.3) is 11.1 Å². The molecule has 2 aromatic carbocycles. The van der Waals surface area contributed by atoms with Crippen LogP contribution < -0.4 is 0 Å². The van der Waals surface area contributed by atoms with Crippen molar-refractivity contribution in [1.82, 2.24) is 0 Å². The molecule has 3 rings (SSSR count). The number of hydrogen-bond acceptors (Lipinski definition) is 1. The first-order valence-electron chi connectivity index (χ1n) is 6.92. The Labute approximate surface area is 119 Å². The molecule has 0 amide bonds. The molecule has 102 valence electrons. The average Bonchev–Trinajstić information content (AvgIpc) is 2.68. The summed E-state index contributed by atoms with van der Waals surface area (Å²) in [5, 5.41) is 9.22. The number of carboxylic acids is 1. The quantitative estimate of drug-likeness (QED) is 0.884. The first kappa shape index (κ1) is 12.9. The highest BCUT2D eigenvalue weighted by Crippen LogP contribution is 2.48. The molecule has 1 N–H and O–H groups in total. The molecule has 1 aliphatic rings. The van der Waals surface area contributed by atoms with E-state index in [2.05, 4.69) is 51.1 Å². The second-order valence-electron chi connectivity index (χ2n) is 5.71. The number of fused-ring (bicyclic) bond motifs is 3. The van der Waals surface area contributed by atoms with Crippen LogP contribution >= 0.6 is 0 Å². The molecule has 0 radical (unpaired) electrons. The van der Waals surface area contributed by atoms with E-state index in [1.807, 2.05) is 0 Å². The van der Waals surface area contributed by atoms with Gasteiger partial charge in [-0.15, -0.1) is 0 Å². The van der Waals surface area contributed by atoms with E-state index < -0.39 is 5.97 Å². The fraction of sp³-hybridized carbons (Fsp3) is 0.278. The van der Waals surface area contributed by atoms with Crippen LogP contribution in [0.4, 0.5) is 0 Å². The number of carboxylic acid groups (broad SMARTS) is 1. The Balaban J connectivity index is 2.29. The Hall–Kier alpha value is -2.09. The van der Waals surface area contributed by atoms with Crippen molar-refractivity contribution in [3.05, 3.63) is 58.1 Å². The first-order valence-corrected chi connectivity index (χ1v) is 6.92. The zero-order chi connectivity index (χ0) is 14.4. The molecule has 1 unspecified atom stereocenters. The minimum atomic E-state index is -0.742. The summed E-state index contributed by atoms with van der Waals surface area (Å²) >= 11 is 0. The number of hydrogen-bond donors (Lipinski definition) is 1. The van der Waals surface area contributed by atoms with E-state index in [-0.39, 0.29) is 12.3 Å². The van der Waals surface area contributed by atoms with Crippen molar-refractivity contribution in [3.63, 3.8) is 0 Å². The Morgan fingerprint density at radius 3 is 2.55 bits per heavy atom. The Morgan fingerprint density at radius 2 is 1.85 bits per heavy atom. The van der Waals surface area contributed by atoms with E-state index in [1.54, 1.807) is 0 Å². The van der Waals surface area contributed by atoms with Crippen molar-refractivity contribution in [1.29, 1.82) is 0 Å². The summed E-state index contributed by atoms with van der Waals surface area (Å²) in [5.74, 6) is -0.759. The average molecular weight is 266 g/mol. The monoisotopic (exact) mass is 266 g/mol. The van der Waals surface area contributed by atoms with Crippen molar-refractivity contribution in [2.45, 2.75) is 33.1 Å². The first-order chi connectivity index (χ1) is 9.49. The van der Waals surface area contributed by atoms with Gasteiger partial charge in [-0.25, -0.2) is 0 Å². The number of aryl methyl sites for hydroxylation is 2. The lowest BCUT2D eigenvalue weighted by Crippen LogP contribution is -2.05. The van der Waals surface area contributed by atoms with Crippen LogP contribution in [0.3, 0.4) is 0 Å². The van der Waals surface area contributed by atoms with Gasteiger partial charge in [0.2, 0.25) is 0 Å². The van der Waals surface area contributed by atoms with Crippen LogP contribution in [0.1, 0.15) is 40.2 Å². The van der Waals surface area contributed by atoms with E-state index in [0.717, 1.165) is 11.1 Å². The van der Waals surface area contributed by atoms with Gasteiger partial charge in [-0.3, -0.25) is 4.79 Å². The topological polar surface area (TPSA) is 37.3 Å². The molecule has 0 aliphatic heterocycles. The van der Waals surface area contributed by atoms with Crippen molar-refractivity contribution < 1.29 is 9.90 Å². The van der Waals surface area contributed by atoms with Crippen LogP contribution in [0.2, 0.25) is 0 Å². The second kappa shape index (κ2) is 4.48. The van der Waals surface area contributed by atoms with E-state index in [4.69, 9.17) is 0 Å². The summed E-state index contributed by atoms with van der Waals surface area (Å²) in [6, 6.07) is 10.6. The highest BCUT2D eigenvalue weighted by molar-refractivity contribution is 5.84. The maximum atomic E-state index is 11.2. The van der Waals surface area contributed by atoms with Gasteiger partial charge in [0.05, 0.1) is 6.42 Å². The summed E-state index contributed by atoms with van der Waals surface area (Å²) in [6.07, 6.45) is 0.159. The predicted octanol–water partition coefficient (Wildman–Crippen LogP) is 4.20. The molecule has 2 heteroatoms. The van der Waals surface area contributed by atoms with E-state index >= 15 is 0 Å². The maximum absolute atomic E-state index is 11.2. The molecular weight excluding hydrogens is 248 g/mol. The molecule has 0 aromatic heterocycles. The van der Waals surface area contributed by atoms with Crippen LogP contribution in [0.5, 0.6) is 0 Å². The molecule has 20 heavy (non-hydrogen) atoms. The summed E-state index contributed by atoms with van der Waals surface area (Å²) in [7, 11) is 0. The van der Waals surface area contributed by atoms with Crippen molar-refractivity contribution in [3.8, 4) is 11.1 Å². The van der Waals surface area contributed by atoms with E-state index in [1.165, 1.54) is 27.8 Å². The summed E-state index contributed by atoms with van der Waals surface area (Å²) in [4.78, 5) is 11.2. The van der Waals surface area contributed by atoms with Crippen molar-refractivity contribution in [2.24, 2.45) is 0 Å². The minimum Gasteiger partial charge on any atom is -0.481 e. The second-order valence-corrected chi connectivity index (χ2v) is 5.71. The summed E-state index contributed by atoms with van der Waals surface area (Å²) in [5.41, 5.74) is 8.48. The minimum absolute atomic E-state index is 0.0169. The number of rotatable bonds is 2. The van der Waals surface area contributed by atoms with Gasteiger partial charge in [-0.2, -0.15) is 0 Å². The highest BCUT2D eigenvalue weighted by atomic mass is 16.4. The molecule has 2 nitrogen and oxygen atoms in total. The van der Waals surface area contributed by atoms with Gasteiger partial charge in [0.25, 0.3) is 0 Å². The Kier molecular flexibility index (Phi) is 2.89. The SMILES string of the molecule is Cc1ccc2c(c1)C(CC(=O)O)c1ccc(C)c(C)c1-2. The fourth-order valence-electron chi connectivity index (χ4n) is 3.24. The molecule has 0 saturated carbocycles. The molecule has 0 fully saturated rings. The standard InChI is InChI=1S/C18H18O2/c1-10-4-6-13-15(8-10)16(9-17(19)20)14-7-5-11(2)12(3)18(13)14/h4-8,16H,9H2,1-3H3,(H,19,20). The molecule has 0 heterocycles. The lowest BCUT2D eigenvalue weighted by molar-refractivity contribution is -0.137. The van der Waals surface area contributed by atoms with Crippen LogP contribution in [0.15, 0.2) is 30.3 Å². The van der Waals surface area contributed by atoms with Gasteiger partial charge < -0.3 is 5.11 Å².